The summed E-state index contributed by atoms with van der Waals surface area (Å²) in [6.07, 6.45) is 1.81. The monoisotopic (exact) mass is 356 g/mol. The van der Waals surface area contributed by atoms with Gasteiger partial charge in [-0.05, 0) is 47.0 Å². The summed E-state index contributed by atoms with van der Waals surface area (Å²) in [5.41, 5.74) is -1.25. The van der Waals surface area contributed by atoms with Gasteiger partial charge in [0, 0.05) is 19.6 Å². The molecule has 25 heavy (non-hydrogen) atoms. The zero-order valence-electron chi connectivity index (χ0n) is 16.7. The number of amides is 1. The summed E-state index contributed by atoms with van der Waals surface area (Å²) in [6.45, 7) is 14.2. The summed E-state index contributed by atoms with van der Waals surface area (Å²) in [4.78, 5) is 18.7. The van der Waals surface area contributed by atoms with Gasteiger partial charge in [0.15, 0.2) is 5.96 Å². The molecule has 0 aliphatic carbocycles. The Hall–Kier alpha value is -1.50. The molecule has 146 valence electrons. The fourth-order valence-electron chi connectivity index (χ4n) is 2.67. The number of hydrogen-bond acceptors (Lipinski definition) is 4. The van der Waals surface area contributed by atoms with Crippen molar-refractivity contribution >= 4 is 12.1 Å². The van der Waals surface area contributed by atoms with Gasteiger partial charge in [0.1, 0.15) is 5.60 Å². The SMILES string of the molecule is CCNC(=NCC(O)(CC)CC)N1CCC(NC(=O)OC(C)(C)C)C1. The molecule has 0 aromatic rings. The molecule has 1 amide bonds. The van der Waals surface area contributed by atoms with Gasteiger partial charge in [-0.2, -0.15) is 0 Å². The molecule has 1 aliphatic heterocycles. The van der Waals surface area contributed by atoms with Gasteiger partial charge in [0.25, 0.3) is 0 Å². The normalized spacial score (nSPS) is 19.1. The number of nitrogens with zero attached hydrogens (tertiary/aromatic N) is 2. The van der Waals surface area contributed by atoms with Crippen LogP contribution < -0.4 is 10.6 Å². The van der Waals surface area contributed by atoms with Gasteiger partial charge in [-0.3, -0.25) is 4.99 Å². The van der Waals surface area contributed by atoms with Gasteiger partial charge in [0.05, 0.1) is 18.2 Å². The van der Waals surface area contributed by atoms with E-state index in [-0.39, 0.29) is 12.1 Å². The highest BCUT2D eigenvalue weighted by Crippen LogP contribution is 2.16. The summed E-state index contributed by atoms with van der Waals surface area (Å²) in [7, 11) is 0. The van der Waals surface area contributed by atoms with E-state index in [1.54, 1.807) is 0 Å². The van der Waals surface area contributed by atoms with Crippen molar-refractivity contribution in [2.45, 2.75) is 78.0 Å². The maximum absolute atomic E-state index is 11.9. The second-order valence-electron chi connectivity index (χ2n) is 7.68. The zero-order chi connectivity index (χ0) is 19.1. The summed E-state index contributed by atoms with van der Waals surface area (Å²) >= 11 is 0. The lowest BCUT2D eigenvalue weighted by atomic mass is 9.98. The highest BCUT2D eigenvalue weighted by atomic mass is 16.6. The highest BCUT2D eigenvalue weighted by Gasteiger charge is 2.29. The molecule has 3 N–H and O–H groups in total. The first-order valence-corrected chi connectivity index (χ1v) is 9.37. The second-order valence-corrected chi connectivity index (χ2v) is 7.68. The van der Waals surface area contributed by atoms with E-state index < -0.39 is 11.2 Å². The van der Waals surface area contributed by atoms with Crippen LogP contribution in [-0.2, 0) is 4.74 Å². The summed E-state index contributed by atoms with van der Waals surface area (Å²) in [5, 5.41) is 16.6. The van der Waals surface area contributed by atoms with E-state index in [0.717, 1.165) is 25.5 Å². The van der Waals surface area contributed by atoms with E-state index >= 15 is 0 Å². The van der Waals surface area contributed by atoms with E-state index in [1.165, 1.54) is 0 Å². The average Bonchev–Trinajstić information content (AvgIpc) is 2.97. The first kappa shape index (κ1) is 21.5. The number of carbonyl (C=O) groups is 1. The Labute approximate surface area is 152 Å². The molecule has 1 unspecified atom stereocenters. The van der Waals surface area contributed by atoms with Gasteiger partial charge in [0.2, 0.25) is 0 Å². The first-order valence-electron chi connectivity index (χ1n) is 9.37. The van der Waals surface area contributed by atoms with Crippen molar-refractivity contribution in [2.24, 2.45) is 4.99 Å². The van der Waals surface area contributed by atoms with Crippen molar-refractivity contribution in [3.8, 4) is 0 Å². The van der Waals surface area contributed by atoms with Crippen molar-refractivity contribution in [3.05, 3.63) is 0 Å². The Morgan fingerprint density at radius 3 is 2.44 bits per heavy atom. The molecular formula is C18H36N4O3. The van der Waals surface area contributed by atoms with Gasteiger partial charge in [-0.15, -0.1) is 0 Å². The standard InChI is InChI=1S/C18H36N4O3/c1-7-18(24,8-2)13-20-15(19-9-3)22-11-10-14(12-22)21-16(23)25-17(4,5)6/h14,24H,7-13H2,1-6H3,(H,19,20)(H,21,23). The number of hydrogen-bond donors (Lipinski definition) is 3. The number of ether oxygens (including phenoxy) is 1. The molecule has 0 aromatic heterocycles. The van der Waals surface area contributed by atoms with Crippen molar-refractivity contribution < 1.29 is 14.6 Å². The van der Waals surface area contributed by atoms with E-state index in [4.69, 9.17) is 4.74 Å². The Morgan fingerprint density at radius 2 is 1.92 bits per heavy atom. The second kappa shape index (κ2) is 9.27. The minimum Gasteiger partial charge on any atom is -0.444 e. The molecule has 1 fully saturated rings. The van der Waals surface area contributed by atoms with Crippen LogP contribution >= 0.6 is 0 Å². The number of likely N-dealkylation sites (tertiary alicyclic amines) is 1. The molecule has 1 saturated heterocycles. The Bertz CT molecular complexity index is 456. The van der Waals surface area contributed by atoms with Crippen LogP contribution in [0.3, 0.4) is 0 Å². The average molecular weight is 357 g/mol. The maximum atomic E-state index is 11.9. The third-order valence-electron chi connectivity index (χ3n) is 4.38. The Balaban J connectivity index is 2.64. The number of rotatable bonds is 6. The molecule has 1 atom stereocenters. The van der Waals surface area contributed by atoms with Crippen LogP contribution in [0.15, 0.2) is 4.99 Å². The van der Waals surface area contributed by atoms with Crippen LogP contribution in [0.5, 0.6) is 0 Å². The third-order valence-corrected chi connectivity index (χ3v) is 4.38. The Morgan fingerprint density at radius 1 is 1.28 bits per heavy atom. The lowest BCUT2D eigenvalue weighted by Gasteiger charge is -2.26. The lowest BCUT2D eigenvalue weighted by Crippen LogP contribution is -2.45. The van der Waals surface area contributed by atoms with Crippen LogP contribution in [-0.4, -0.2) is 65.5 Å². The highest BCUT2D eigenvalue weighted by molar-refractivity contribution is 5.80. The summed E-state index contributed by atoms with van der Waals surface area (Å²) in [6, 6.07) is 0.0370. The van der Waals surface area contributed by atoms with E-state index in [1.807, 2.05) is 41.5 Å². The van der Waals surface area contributed by atoms with Crippen LogP contribution in [0.4, 0.5) is 4.79 Å². The van der Waals surface area contributed by atoms with Crippen molar-refractivity contribution in [1.29, 1.82) is 0 Å². The van der Waals surface area contributed by atoms with Crippen molar-refractivity contribution in [1.82, 2.24) is 15.5 Å². The number of guanidine groups is 1. The molecule has 0 spiro atoms. The van der Waals surface area contributed by atoms with Gasteiger partial charge >= 0.3 is 6.09 Å². The summed E-state index contributed by atoms with van der Waals surface area (Å²) < 4.78 is 5.32. The molecule has 0 saturated carbocycles. The molecule has 0 radical (unpaired) electrons. The zero-order valence-corrected chi connectivity index (χ0v) is 16.7. The largest absolute Gasteiger partial charge is 0.444 e. The fraction of sp³-hybridized carbons (Fsp3) is 0.889. The van der Waals surface area contributed by atoms with Crippen LogP contribution in [0.25, 0.3) is 0 Å². The summed E-state index contributed by atoms with van der Waals surface area (Å²) in [5.74, 6) is 0.788. The van der Waals surface area contributed by atoms with E-state index in [9.17, 15) is 9.90 Å². The molecule has 0 bridgehead atoms. The van der Waals surface area contributed by atoms with Gasteiger partial charge in [-0.1, -0.05) is 13.8 Å². The predicted octanol–water partition coefficient (Wildman–Crippen LogP) is 2.10. The minimum absolute atomic E-state index is 0.0370. The first-order chi connectivity index (χ1) is 11.6. The molecular weight excluding hydrogens is 320 g/mol. The molecule has 0 aromatic carbocycles. The molecule has 1 aliphatic rings. The Kier molecular flexibility index (Phi) is 7.99. The molecule has 1 rings (SSSR count). The van der Waals surface area contributed by atoms with E-state index in [2.05, 4.69) is 20.5 Å². The third kappa shape index (κ3) is 7.50. The van der Waals surface area contributed by atoms with Crippen molar-refractivity contribution in [2.75, 3.05) is 26.2 Å². The van der Waals surface area contributed by atoms with Crippen LogP contribution in [0.2, 0.25) is 0 Å². The minimum atomic E-state index is -0.755. The molecule has 7 heteroatoms. The number of alkyl carbamates (subject to hydrolysis) is 1. The van der Waals surface area contributed by atoms with E-state index in [0.29, 0.717) is 25.9 Å². The quantitative estimate of drug-likeness (QED) is 0.501. The topological polar surface area (TPSA) is 86.2 Å². The van der Waals surface area contributed by atoms with Crippen LogP contribution in [0, 0.1) is 0 Å². The predicted molar refractivity (Wildman–Crippen MR) is 101 cm³/mol. The van der Waals surface area contributed by atoms with Gasteiger partial charge in [-0.25, -0.2) is 4.79 Å². The fourth-order valence-corrected chi connectivity index (χ4v) is 2.67. The number of nitrogens with one attached hydrogen (secondary N) is 2. The number of aliphatic hydroxyl groups is 1. The van der Waals surface area contributed by atoms with Crippen molar-refractivity contribution in [3.63, 3.8) is 0 Å². The lowest BCUT2D eigenvalue weighted by molar-refractivity contribution is 0.0416. The molecule has 7 nitrogen and oxygen atoms in total. The smallest absolute Gasteiger partial charge is 0.407 e. The molecule has 1 heterocycles. The number of aliphatic imine (C=N–C) groups is 1. The van der Waals surface area contributed by atoms with Crippen LogP contribution in [0.1, 0.15) is 60.8 Å². The maximum Gasteiger partial charge on any atom is 0.407 e. The van der Waals surface area contributed by atoms with Gasteiger partial charge < -0.3 is 25.4 Å². The number of carbonyl (C=O) groups excluding carboxylic acids is 1.